The van der Waals surface area contributed by atoms with Crippen LogP contribution in [0.1, 0.15) is 26.2 Å². The minimum absolute atomic E-state index is 0.341. The first kappa shape index (κ1) is 20.6. The number of unbranched alkanes of at least 4 members (excludes halogenated alkanes) is 1. The summed E-state index contributed by atoms with van der Waals surface area (Å²) in [6.45, 7) is 1.61. The fourth-order valence-corrected chi connectivity index (χ4v) is 1.51. The van der Waals surface area contributed by atoms with Crippen LogP contribution < -0.4 is 16.4 Å². The number of ether oxygens (including phenoxy) is 1. The number of rotatable bonds is 10. The van der Waals surface area contributed by atoms with Crippen molar-refractivity contribution in [3.8, 4) is 0 Å². The second-order valence-corrected chi connectivity index (χ2v) is 4.75. The lowest BCUT2D eigenvalue weighted by Gasteiger charge is -2.17. The molecule has 5 N–H and O–H groups in total. The van der Waals surface area contributed by atoms with Crippen molar-refractivity contribution < 1.29 is 29.0 Å². The highest BCUT2D eigenvalue weighted by molar-refractivity contribution is 5.95. The standard InChI is InChI=1S/C14H23N3O6/c1-3-4-5-9(15)13(20)17-10(14(21)22)8-16-11(18)6-7-12(19)23-2/h6-7,9-10H,3-5,8,15H2,1-2H3,(H,16,18)(H,17,20)(H,21,22)/b7-6+/t9-,10+/m0/s1. The summed E-state index contributed by atoms with van der Waals surface area (Å²) < 4.78 is 4.30. The van der Waals surface area contributed by atoms with Gasteiger partial charge in [-0.25, -0.2) is 9.59 Å². The van der Waals surface area contributed by atoms with Gasteiger partial charge in [-0.15, -0.1) is 0 Å². The van der Waals surface area contributed by atoms with Gasteiger partial charge in [0.1, 0.15) is 6.04 Å². The molecule has 0 aliphatic carbocycles. The monoisotopic (exact) mass is 329 g/mol. The number of nitrogens with one attached hydrogen (secondary N) is 2. The lowest BCUT2D eigenvalue weighted by molar-refractivity contribution is -0.142. The maximum Gasteiger partial charge on any atom is 0.330 e. The predicted octanol–water partition coefficient (Wildman–Crippen LogP) is -1.08. The van der Waals surface area contributed by atoms with E-state index in [1.54, 1.807) is 0 Å². The van der Waals surface area contributed by atoms with Crippen molar-refractivity contribution in [3.05, 3.63) is 12.2 Å². The fraction of sp³-hybridized carbons (Fsp3) is 0.571. The van der Waals surface area contributed by atoms with Gasteiger partial charge in [0.15, 0.2) is 0 Å². The van der Waals surface area contributed by atoms with E-state index in [1.807, 2.05) is 6.92 Å². The van der Waals surface area contributed by atoms with Crippen molar-refractivity contribution in [2.24, 2.45) is 5.73 Å². The van der Waals surface area contributed by atoms with Crippen LogP contribution in [0.2, 0.25) is 0 Å². The molecular formula is C14H23N3O6. The average molecular weight is 329 g/mol. The number of carboxylic acid groups (broad SMARTS) is 1. The summed E-state index contributed by atoms with van der Waals surface area (Å²) in [4.78, 5) is 45.1. The Bertz CT molecular complexity index is 463. The van der Waals surface area contributed by atoms with Gasteiger partial charge in [0.2, 0.25) is 11.8 Å². The molecule has 9 nitrogen and oxygen atoms in total. The Hall–Kier alpha value is -2.42. The Morgan fingerprint density at radius 2 is 1.91 bits per heavy atom. The molecule has 0 radical (unpaired) electrons. The Kier molecular flexibility index (Phi) is 10.0. The van der Waals surface area contributed by atoms with Crippen LogP contribution in [0.4, 0.5) is 0 Å². The SMILES string of the molecule is CCCC[C@H](N)C(=O)N[C@H](CNC(=O)/C=C/C(=O)OC)C(=O)O. The lowest BCUT2D eigenvalue weighted by atomic mass is 10.1. The zero-order valence-electron chi connectivity index (χ0n) is 13.2. The molecule has 0 bridgehead atoms. The summed E-state index contributed by atoms with van der Waals surface area (Å²) >= 11 is 0. The van der Waals surface area contributed by atoms with E-state index in [0.717, 1.165) is 32.1 Å². The normalized spacial score (nSPS) is 13.2. The molecule has 9 heteroatoms. The molecule has 0 aliphatic rings. The number of carbonyl (C=O) groups excluding carboxylic acids is 3. The molecule has 2 amide bonds. The minimum atomic E-state index is -1.31. The number of hydrogen-bond acceptors (Lipinski definition) is 6. The Labute approximate surface area is 134 Å². The van der Waals surface area contributed by atoms with Crippen LogP contribution in [0.3, 0.4) is 0 Å². The summed E-state index contributed by atoms with van der Waals surface area (Å²) in [5.74, 6) is -3.31. The number of carboxylic acids is 1. The van der Waals surface area contributed by atoms with Crippen LogP contribution in [0.25, 0.3) is 0 Å². The molecule has 0 aromatic rings. The molecule has 0 aliphatic heterocycles. The highest BCUT2D eigenvalue weighted by Gasteiger charge is 2.23. The van der Waals surface area contributed by atoms with Gasteiger partial charge in [-0.05, 0) is 6.42 Å². The highest BCUT2D eigenvalue weighted by atomic mass is 16.5. The van der Waals surface area contributed by atoms with Crippen molar-refractivity contribution in [2.75, 3.05) is 13.7 Å². The molecule has 0 rings (SSSR count). The summed E-state index contributed by atoms with van der Waals surface area (Å²) in [6, 6.07) is -2.11. The highest BCUT2D eigenvalue weighted by Crippen LogP contribution is 1.98. The number of aliphatic carboxylic acids is 1. The largest absolute Gasteiger partial charge is 0.480 e. The van der Waals surface area contributed by atoms with E-state index >= 15 is 0 Å². The van der Waals surface area contributed by atoms with Crippen molar-refractivity contribution in [1.29, 1.82) is 0 Å². The summed E-state index contributed by atoms with van der Waals surface area (Å²) in [5.41, 5.74) is 5.65. The third-order valence-electron chi connectivity index (χ3n) is 2.87. The molecule has 0 saturated heterocycles. The molecule has 130 valence electrons. The van der Waals surface area contributed by atoms with Crippen LogP contribution >= 0.6 is 0 Å². The number of amides is 2. The smallest absolute Gasteiger partial charge is 0.330 e. The van der Waals surface area contributed by atoms with Gasteiger partial charge in [0.05, 0.1) is 13.2 Å². The first-order chi connectivity index (χ1) is 10.8. The third-order valence-corrected chi connectivity index (χ3v) is 2.87. The Morgan fingerprint density at radius 3 is 2.43 bits per heavy atom. The van der Waals surface area contributed by atoms with Gasteiger partial charge >= 0.3 is 11.9 Å². The maximum absolute atomic E-state index is 11.8. The fourth-order valence-electron chi connectivity index (χ4n) is 1.51. The third kappa shape index (κ3) is 9.25. The lowest BCUT2D eigenvalue weighted by Crippen LogP contribution is -2.52. The second kappa shape index (κ2) is 11.2. The number of hydrogen-bond donors (Lipinski definition) is 4. The van der Waals surface area contributed by atoms with E-state index in [1.165, 1.54) is 0 Å². The Morgan fingerprint density at radius 1 is 1.26 bits per heavy atom. The van der Waals surface area contributed by atoms with Gasteiger partial charge in [-0.3, -0.25) is 9.59 Å². The van der Waals surface area contributed by atoms with Gasteiger partial charge in [0.25, 0.3) is 0 Å². The molecule has 0 saturated carbocycles. The number of esters is 1. The van der Waals surface area contributed by atoms with Crippen molar-refractivity contribution in [3.63, 3.8) is 0 Å². The van der Waals surface area contributed by atoms with E-state index < -0.39 is 35.8 Å². The van der Waals surface area contributed by atoms with Crippen molar-refractivity contribution in [2.45, 2.75) is 38.3 Å². The molecule has 0 heterocycles. The topological polar surface area (TPSA) is 148 Å². The molecule has 23 heavy (non-hydrogen) atoms. The zero-order valence-corrected chi connectivity index (χ0v) is 13.2. The van der Waals surface area contributed by atoms with Crippen LogP contribution in [-0.2, 0) is 23.9 Å². The molecule has 0 unspecified atom stereocenters. The zero-order chi connectivity index (χ0) is 17.8. The molecule has 0 aromatic carbocycles. The van der Waals surface area contributed by atoms with Crippen molar-refractivity contribution >= 4 is 23.8 Å². The number of methoxy groups -OCH3 is 1. The number of nitrogens with two attached hydrogens (primary N) is 1. The van der Waals surface area contributed by atoms with Gasteiger partial charge < -0.3 is 26.2 Å². The summed E-state index contributed by atoms with van der Waals surface area (Å²) in [5, 5.41) is 13.6. The molecule has 0 spiro atoms. The molecule has 2 atom stereocenters. The molecule has 0 fully saturated rings. The minimum Gasteiger partial charge on any atom is -0.480 e. The summed E-state index contributed by atoms with van der Waals surface area (Å²) in [6.07, 6.45) is 3.86. The van der Waals surface area contributed by atoms with E-state index in [-0.39, 0.29) is 6.54 Å². The maximum atomic E-state index is 11.8. The van der Waals surface area contributed by atoms with Crippen LogP contribution in [0.5, 0.6) is 0 Å². The van der Waals surface area contributed by atoms with E-state index in [9.17, 15) is 19.2 Å². The van der Waals surface area contributed by atoms with Crippen LogP contribution in [0.15, 0.2) is 12.2 Å². The first-order valence-corrected chi connectivity index (χ1v) is 7.14. The summed E-state index contributed by atoms with van der Waals surface area (Å²) in [7, 11) is 1.16. The van der Waals surface area contributed by atoms with Gasteiger partial charge in [-0.2, -0.15) is 0 Å². The van der Waals surface area contributed by atoms with E-state index in [0.29, 0.717) is 6.42 Å². The Balaban J connectivity index is 4.45. The van der Waals surface area contributed by atoms with E-state index in [2.05, 4.69) is 15.4 Å². The van der Waals surface area contributed by atoms with Crippen molar-refractivity contribution in [1.82, 2.24) is 10.6 Å². The second-order valence-electron chi connectivity index (χ2n) is 4.75. The quantitative estimate of drug-likeness (QED) is 0.294. The van der Waals surface area contributed by atoms with Crippen LogP contribution in [0, 0.1) is 0 Å². The molecule has 0 aromatic heterocycles. The predicted molar refractivity (Wildman–Crippen MR) is 81.2 cm³/mol. The van der Waals surface area contributed by atoms with E-state index in [4.69, 9.17) is 10.8 Å². The van der Waals surface area contributed by atoms with Crippen LogP contribution in [-0.4, -0.2) is 54.6 Å². The average Bonchev–Trinajstić information content (AvgIpc) is 2.53. The first-order valence-electron chi connectivity index (χ1n) is 7.14. The van der Waals surface area contributed by atoms with Gasteiger partial charge in [-0.1, -0.05) is 19.8 Å². The molecular weight excluding hydrogens is 306 g/mol. The number of carbonyl (C=O) groups is 4. The van der Waals surface area contributed by atoms with Gasteiger partial charge in [0, 0.05) is 18.7 Å².